The molecule has 2 N–H and O–H groups in total. The summed E-state index contributed by atoms with van der Waals surface area (Å²) in [6.45, 7) is 5.27. The largest absolute Gasteiger partial charge is 0.496 e. The maximum absolute atomic E-state index is 12.6. The van der Waals surface area contributed by atoms with Crippen LogP contribution in [0.3, 0.4) is 0 Å². The number of benzene rings is 2. The molecule has 0 atom stereocenters. The first-order chi connectivity index (χ1) is 17.9. The first-order valence-corrected chi connectivity index (χ1v) is 12.9. The van der Waals surface area contributed by atoms with Gasteiger partial charge in [-0.2, -0.15) is 0 Å². The molecule has 4 rings (SSSR count). The summed E-state index contributed by atoms with van der Waals surface area (Å²) < 4.78 is 10.9. The van der Waals surface area contributed by atoms with Gasteiger partial charge in [0.05, 0.1) is 17.7 Å². The number of ether oxygens (including phenoxy) is 2. The molecule has 1 aliphatic rings. The number of methoxy groups -OCH3 is 1. The molecule has 37 heavy (non-hydrogen) atoms. The maximum atomic E-state index is 12.6. The number of aromatic nitrogens is 1. The van der Waals surface area contributed by atoms with Crippen molar-refractivity contribution >= 4 is 29.1 Å². The van der Waals surface area contributed by atoms with Crippen LogP contribution in [0.1, 0.15) is 55.7 Å². The Morgan fingerprint density at radius 3 is 2.49 bits per heavy atom. The number of likely N-dealkylation sites (tertiary alicyclic amines) is 1. The van der Waals surface area contributed by atoms with Crippen molar-refractivity contribution in [2.45, 2.75) is 32.6 Å². The highest BCUT2D eigenvalue weighted by Gasteiger charge is 2.26. The van der Waals surface area contributed by atoms with Gasteiger partial charge in [-0.15, -0.1) is 11.3 Å². The van der Waals surface area contributed by atoms with Crippen LogP contribution in [0.2, 0.25) is 0 Å². The normalized spacial score (nSPS) is 13.6. The van der Waals surface area contributed by atoms with Crippen LogP contribution in [0.15, 0.2) is 47.8 Å². The van der Waals surface area contributed by atoms with Crippen LogP contribution in [0.5, 0.6) is 11.5 Å². The van der Waals surface area contributed by atoms with Gasteiger partial charge in [-0.1, -0.05) is 18.2 Å². The van der Waals surface area contributed by atoms with E-state index in [1.807, 2.05) is 36.9 Å². The van der Waals surface area contributed by atoms with Gasteiger partial charge in [0.1, 0.15) is 17.2 Å². The lowest BCUT2D eigenvalue weighted by Gasteiger charge is -2.31. The van der Waals surface area contributed by atoms with E-state index in [0.717, 1.165) is 23.4 Å². The van der Waals surface area contributed by atoms with Crippen molar-refractivity contribution in [1.82, 2.24) is 20.7 Å². The van der Waals surface area contributed by atoms with Gasteiger partial charge in [-0.25, -0.2) is 4.98 Å². The number of amides is 3. The zero-order valence-corrected chi connectivity index (χ0v) is 21.9. The van der Waals surface area contributed by atoms with Crippen molar-refractivity contribution in [2.75, 3.05) is 26.8 Å². The fourth-order valence-electron chi connectivity index (χ4n) is 4.07. The van der Waals surface area contributed by atoms with Crippen molar-refractivity contribution in [3.05, 3.63) is 75.2 Å². The first-order valence-electron chi connectivity index (χ1n) is 12.0. The Balaban J connectivity index is 1.24. The third-order valence-electron chi connectivity index (χ3n) is 6.43. The Hall–Kier alpha value is -3.92. The molecule has 10 heteroatoms. The Bertz CT molecular complexity index is 1280. The number of carbonyl (C=O) groups excluding carboxylic acids is 3. The van der Waals surface area contributed by atoms with E-state index in [1.54, 1.807) is 29.6 Å². The van der Waals surface area contributed by atoms with Gasteiger partial charge < -0.3 is 14.4 Å². The average Bonchev–Trinajstić information content (AvgIpc) is 3.42. The zero-order valence-electron chi connectivity index (χ0n) is 21.1. The first kappa shape index (κ1) is 26.2. The fraction of sp³-hybridized carbons (Fsp3) is 0.333. The number of nitrogens with zero attached hydrogens (tertiary/aromatic N) is 2. The smallest absolute Gasteiger partial charge is 0.289 e. The number of thiazole rings is 1. The summed E-state index contributed by atoms with van der Waals surface area (Å²) in [6, 6.07) is 12.5. The lowest BCUT2D eigenvalue weighted by molar-refractivity contribution is -0.134. The maximum Gasteiger partial charge on any atom is 0.289 e. The number of carbonyl (C=O) groups is 3. The lowest BCUT2D eigenvalue weighted by atomic mass is 9.97. The number of rotatable bonds is 7. The highest BCUT2D eigenvalue weighted by atomic mass is 32.1. The summed E-state index contributed by atoms with van der Waals surface area (Å²) in [4.78, 5) is 43.8. The fourth-order valence-corrected chi connectivity index (χ4v) is 5.04. The number of hydrogen-bond acceptors (Lipinski definition) is 7. The Morgan fingerprint density at radius 1 is 1.03 bits per heavy atom. The third kappa shape index (κ3) is 6.45. The SMILES string of the molecule is COc1ccccc1C(=O)NNC(=O)c1csc(C2CCN(C(=O)COc3ccc(C)c(C)c3)CC2)n1. The second-order valence-corrected chi connectivity index (χ2v) is 9.76. The van der Waals surface area contributed by atoms with E-state index < -0.39 is 11.8 Å². The number of hydrogen-bond donors (Lipinski definition) is 2. The summed E-state index contributed by atoms with van der Waals surface area (Å²) in [5.41, 5.74) is 7.66. The number of aryl methyl sites for hydroxylation is 2. The second-order valence-electron chi connectivity index (χ2n) is 8.87. The van der Waals surface area contributed by atoms with E-state index in [1.165, 1.54) is 24.0 Å². The molecule has 0 aliphatic carbocycles. The number of hydrazine groups is 1. The summed E-state index contributed by atoms with van der Waals surface area (Å²) in [5, 5.41) is 2.52. The van der Waals surface area contributed by atoms with Crippen LogP contribution < -0.4 is 20.3 Å². The molecule has 1 fully saturated rings. The Morgan fingerprint density at radius 2 is 1.76 bits per heavy atom. The highest BCUT2D eigenvalue weighted by Crippen LogP contribution is 2.30. The van der Waals surface area contributed by atoms with E-state index in [-0.39, 0.29) is 24.1 Å². The summed E-state index contributed by atoms with van der Waals surface area (Å²) in [6.07, 6.45) is 1.52. The minimum atomic E-state index is -0.498. The average molecular weight is 523 g/mol. The van der Waals surface area contributed by atoms with Crippen molar-refractivity contribution in [3.63, 3.8) is 0 Å². The molecule has 2 aromatic carbocycles. The van der Waals surface area contributed by atoms with Gasteiger partial charge in [0.25, 0.3) is 17.7 Å². The van der Waals surface area contributed by atoms with Crippen molar-refractivity contribution in [2.24, 2.45) is 0 Å². The molecular weight excluding hydrogens is 492 g/mol. The molecule has 1 aromatic heterocycles. The van der Waals surface area contributed by atoms with E-state index >= 15 is 0 Å². The van der Waals surface area contributed by atoms with E-state index in [2.05, 4.69) is 15.8 Å². The molecule has 0 bridgehead atoms. The summed E-state index contributed by atoms with van der Waals surface area (Å²) >= 11 is 1.41. The van der Waals surface area contributed by atoms with Crippen LogP contribution in [-0.4, -0.2) is 54.4 Å². The van der Waals surface area contributed by atoms with Gasteiger partial charge in [0.15, 0.2) is 6.61 Å². The minimum Gasteiger partial charge on any atom is -0.496 e. The standard InChI is InChI=1S/C27H30N4O5S/c1-17-8-9-20(14-18(17)2)36-15-24(32)31-12-10-19(11-13-31)27-28-22(16-37-27)26(34)30-29-25(33)21-6-4-5-7-23(21)35-3/h4-9,14,16,19H,10-13,15H2,1-3H3,(H,29,33)(H,30,34). The Labute approximate surface area is 219 Å². The van der Waals surface area contributed by atoms with Gasteiger partial charge in [-0.3, -0.25) is 25.2 Å². The molecule has 1 aliphatic heterocycles. The molecule has 0 saturated carbocycles. The quantitative estimate of drug-likeness (QED) is 0.459. The number of piperidine rings is 1. The molecule has 2 heterocycles. The minimum absolute atomic E-state index is 0.00924. The predicted octanol–water partition coefficient (Wildman–Crippen LogP) is 3.63. The molecule has 0 radical (unpaired) electrons. The summed E-state index contributed by atoms with van der Waals surface area (Å²) in [5.74, 6) is 0.244. The molecular formula is C27H30N4O5S. The molecule has 194 valence electrons. The molecule has 0 unspecified atom stereocenters. The molecule has 3 amide bonds. The summed E-state index contributed by atoms with van der Waals surface area (Å²) in [7, 11) is 1.47. The predicted molar refractivity (Wildman–Crippen MR) is 140 cm³/mol. The van der Waals surface area contributed by atoms with Crippen molar-refractivity contribution < 1.29 is 23.9 Å². The Kier molecular flexibility index (Phi) is 8.39. The van der Waals surface area contributed by atoms with E-state index in [9.17, 15) is 14.4 Å². The van der Waals surface area contributed by atoms with Gasteiger partial charge in [0, 0.05) is 24.4 Å². The monoisotopic (exact) mass is 522 g/mol. The zero-order chi connectivity index (χ0) is 26.4. The lowest BCUT2D eigenvalue weighted by Crippen LogP contribution is -2.42. The number of para-hydroxylation sites is 1. The third-order valence-corrected chi connectivity index (χ3v) is 7.44. The van der Waals surface area contributed by atoms with Crippen LogP contribution in [0.4, 0.5) is 0 Å². The van der Waals surface area contributed by atoms with Crippen LogP contribution in [-0.2, 0) is 4.79 Å². The molecule has 1 saturated heterocycles. The molecule has 9 nitrogen and oxygen atoms in total. The van der Waals surface area contributed by atoms with Gasteiger partial charge >= 0.3 is 0 Å². The molecule has 3 aromatic rings. The molecule has 0 spiro atoms. The van der Waals surface area contributed by atoms with Crippen LogP contribution in [0.25, 0.3) is 0 Å². The van der Waals surface area contributed by atoms with Gasteiger partial charge in [0.2, 0.25) is 0 Å². The van der Waals surface area contributed by atoms with Crippen molar-refractivity contribution in [1.29, 1.82) is 0 Å². The number of nitrogens with one attached hydrogen (secondary N) is 2. The van der Waals surface area contributed by atoms with Gasteiger partial charge in [-0.05, 0) is 62.1 Å². The topological polar surface area (TPSA) is 110 Å². The van der Waals surface area contributed by atoms with E-state index in [4.69, 9.17) is 9.47 Å². The van der Waals surface area contributed by atoms with Crippen LogP contribution in [0, 0.1) is 13.8 Å². The highest BCUT2D eigenvalue weighted by molar-refractivity contribution is 7.09. The second kappa shape index (κ2) is 11.9. The van der Waals surface area contributed by atoms with Crippen molar-refractivity contribution in [3.8, 4) is 11.5 Å². The van der Waals surface area contributed by atoms with Crippen LogP contribution >= 0.6 is 11.3 Å². The van der Waals surface area contributed by atoms with E-state index in [0.29, 0.717) is 30.2 Å².